The quantitative estimate of drug-likeness (QED) is 0.478. The third-order valence-corrected chi connectivity index (χ3v) is 4.87. The van der Waals surface area contributed by atoms with E-state index in [0.717, 1.165) is 24.8 Å². The molecule has 1 unspecified atom stereocenters. The molecule has 0 aromatic heterocycles. The van der Waals surface area contributed by atoms with Crippen molar-refractivity contribution in [3.05, 3.63) is 0 Å². The lowest BCUT2D eigenvalue weighted by molar-refractivity contribution is -0.147. The second-order valence-electron chi connectivity index (χ2n) is 5.86. The van der Waals surface area contributed by atoms with Crippen LogP contribution in [0.3, 0.4) is 0 Å². The maximum atomic E-state index is 11.5. The summed E-state index contributed by atoms with van der Waals surface area (Å²) >= 11 is 2.04. The molecule has 0 bridgehead atoms. The summed E-state index contributed by atoms with van der Waals surface area (Å²) in [4.78, 5) is 18.1. The van der Waals surface area contributed by atoms with Gasteiger partial charge >= 0.3 is 5.97 Å². The van der Waals surface area contributed by atoms with E-state index < -0.39 is 0 Å². The van der Waals surface area contributed by atoms with Gasteiger partial charge in [0.05, 0.1) is 12.5 Å². The van der Waals surface area contributed by atoms with Crippen molar-refractivity contribution in [1.82, 2.24) is 10.2 Å². The average molecular weight is 315 g/mol. The van der Waals surface area contributed by atoms with E-state index in [4.69, 9.17) is 4.74 Å². The molecule has 21 heavy (non-hydrogen) atoms. The van der Waals surface area contributed by atoms with Gasteiger partial charge in [-0.2, -0.15) is 11.8 Å². The number of ether oxygens (including phenoxy) is 1. The Hall–Kier alpha value is -0.910. The van der Waals surface area contributed by atoms with Crippen LogP contribution >= 0.6 is 11.8 Å². The summed E-state index contributed by atoms with van der Waals surface area (Å²) < 4.78 is 5.12. The Bertz CT molecular complexity index is 359. The van der Waals surface area contributed by atoms with Crippen molar-refractivity contribution in [2.75, 3.05) is 32.4 Å². The number of guanidine groups is 1. The van der Waals surface area contributed by atoms with Crippen LogP contribution in [0.1, 0.15) is 34.1 Å². The lowest BCUT2D eigenvalue weighted by Crippen LogP contribution is -2.49. The Morgan fingerprint density at radius 2 is 2.14 bits per heavy atom. The summed E-state index contributed by atoms with van der Waals surface area (Å²) in [6.07, 6.45) is 0.315. The van der Waals surface area contributed by atoms with E-state index in [1.165, 1.54) is 0 Å². The molecule has 1 saturated heterocycles. The summed E-state index contributed by atoms with van der Waals surface area (Å²) in [5, 5.41) is 3.91. The van der Waals surface area contributed by atoms with Crippen molar-refractivity contribution >= 4 is 23.7 Å². The number of nitrogens with one attached hydrogen (secondary N) is 1. The van der Waals surface area contributed by atoms with Crippen LogP contribution in [0.4, 0.5) is 0 Å². The van der Waals surface area contributed by atoms with Gasteiger partial charge in [0.25, 0.3) is 0 Å². The first-order valence-electron chi connectivity index (χ1n) is 7.70. The molecule has 0 radical (unpaired) electrons. The number of hydrogen-bond acceptors (Lipinski definition) is 4. The third-order valence-electron chi connectivity index (χ3n) is 3.33. The molecule has 1 aliphatic rings. The maximum Gasteiger partial charge on any atom is 0.307 e. The van der Waals surface area contributed by atoms with Gasteiger partial charge < -0.3 is 15.0 Å². The highest BCUT2D eigenvalue weighted by Crippen LogP contribution is 2.24. The normalized spacial score (nSPS) is 20.0. The summed E-state index contributed by atoms with van der Waals surface area (Å²) in [7, 11) is 1.79. The summed E-state index contributed by atoms with van der Waals surface area (Å²) in [5.41, 5.74) is 0. The minimum atomic E-state index is -0.165. The molecule has 1 N–H and O–H groups in total. The molecule has 1 rings (SSSR count). The number of aliphatic imine (C=N–C) groups is 1. The number of hydrogen-bond donors (Lipinski definition) is 1. The molecule has 1 fully saturated rings. The number of carbonyl (C=O) groups excluding carboxylic acids is 1. The minimum absolute atomic E-state index is 0.0530. The van der Waals surface area contributed by atoms with Crippen molar-refractivity contribution in [2.45, 2.75) is 45.5 Å². The first kappa shape index (κ1) is 18.1. The van der Waals surface area contributed by atoms with E-state index in [-0.39, 0.29) is 12.1 Å². The second kappa shape index (κ2) is 9.18. The van der Waals surface area contributed by atoms with E-state index in [9.17, 15) is 4.79 Å². The summed E-state index contributed by atoms with van der Waals surface area (Å²) in [6, 6.07) is 0. The molecule has 0 aromatic rings. The molecule has 0 amide bonds. The van der Waals surface area contributed by atoms with Gasteiger partial charge in [-0.05, 0) is 19.8 Å². The number of thioether (sulfide) groups is 1. The Balaban J connectivity index is 2.39. The standard InChI is InChI=1S/C15H29N3O2S/c1-11(2)13-10-18(8-9-21-13)15(16-5)17-7-6-14(19)20-12(3)4/h11-13H,6-10H2,1-5H3,(H,16,17). The Kier molecular flexibility index (Phi) is 7.93. The zero-order chi connectivity index (χ0) is 15.8. The van der Waals surface area contributed by atoms with Gasteiger partial charge in [-0.1, -0.05) is 13.8 Å². The van der Waals surface area contributed by atoms with Crippen molar-refractivity contribution in [3.63, 3.8) is 0 Å². The van der Waals surface area contributed by atoms with E-state index in [1.807, 2.05) is 25.6 Å². The number of rotatable bonds is 5. The predicted molar refractivity (Wildman–Crippen MR) is 89.9 cm³/mol. The first-order chi connectivity index (χ1) is 9.93. The van der Waals surface area contributed by atoms with E-state index in [1.54, 1.807) is 7.05 Å². The van der Waals surface area contributed by atoms with Gasteiger partial charge in [0.1, 0.15) is 0 Å². The van der Waals surface area contributed by atoms with Gasteiger partial charge in [-0.3, -0.25) is 9.79 Å². The molecule has 1 heterocycles. The molecule has 0 saturated carbocycles. The molecule has 6 heteroatoms. The van der Waals surface area contributed by atoms with Gasteiger partial charge in [0.2, 0.25) is 0 Å². The highest BCUT2D eigenvalue weighted by atomic mass is 32.2. The van der Waals surface area contributed by atoms with Gasteiger partial charge in [0.15, 0.2) is 5.96 Å². The minimum Gasteiger partial charge on any atom is -0.463 e. The second-order valence-corrected chi connectivity index (χ2v) is 7.21. The van der Waals surface area contributed by atoms with Crippen LogP contribution in [0.5, 0.6) is 0 Å². The maximum absolute atomic E-state index is 11.5. The molecule has 122 valence electrons. The Morgan fingerprint density at radius 1 is 1.43 bits per heavy atom. The van der Waals surface area contributed by atoms with Crippen molar-refractivity contribution in [3.8, 4) is 0 Å². The first-order valence-corrected chi connectivity index (χ1v) is 8.75. The number of nitrogens with zero attached hydrogens (tertiary/aromatic N) is 2. The fraction of sp³-hybridized carbons (Fsp3) is 0.867. The largest absolute Gasteiger partial charge is 0.463 e. The molecule has 5 nitrogen and oxygen atoms in total. The van der Waals surface area contributed by atoms with Gasteiger partial charge in [0, 0.05) is 37.7 Å². The highest BCUT2D eigenvalue weighted by molar-refractivity contribution is 8.00. The monoisotopic (exact) mass is 315 g/mol. The van der Waals surface area contributed by atoms with Crippen LogP contribution in [0.2, 0.25) is 0 Å². The lowest BCUT2D eigenvalue weighted by Gasteiger charge is -2.36. The zero-order valence-electron chi connectivity index (χ0n) is 13.9. The summed E-state index contributed by atoms with van der Waals surface area (Å²) in [5.74, 6) is 2.51. The van der Waals surface area contributed by atoms with Crippen LogP contribution in [-0.2, 0) is 9.53 Å². The third kappa shape index (κ3) is 6.59. The highest BCUT2D eigenvalue weighted by Gasteiger charge is 2.24. The molecule has 0 spiro atoms. The van der Waals surface area contributed by atoms with Crippen molar-refractivity contribution in [1.29, 1.82) is 0 Å². The molecular formula is C15H29N3O2S. The lowest BCUT2D eigenvalue weighted by atomic mass is 10.1. The Morgan fingerprint density at radius 3 is 2.71 bits per heavy atom. The van der Waals surface area contributed by atoms with E-state index >= 15 is 0 Å². The van der Waals surface area contributed by atoms with Crippen LogP contribution in [0.25, 0.3) is 0 Å². The van der Waals surface area contributed by atoms with Crippen LogP contribution < -0.4 is 5.32 Å². The number of carbonyl (C=O) groups is 1. The van der Waals surface area contributed by atoms with Gasteiger partial charge in [-0.25, -0.2) is 0 Å². The molecule has 1 atom stereocenters. The topological polar surface area (TPSA) is 53.9 Å². The van der Waals surface area contributed by atoms with Crippen LogP contribution in [-0.4, -0.2) is 60.6 Å². The predicted octanol–water partition coefficient (Wildman–Crippen LogP) is 1.98. The smallest absolute Gasteiger partial charge is 0.307 e. The van der Waals surface area contributed by atoms with Crippen LogP contribution in [0.15, 0.2) is 4.99 Å². The Labute approximate surface area is 132 Å². The number of esters is 1. The van der Waals surface area contributed by atoms with Crippen molar-refractivity contribution < 1.29 is 9.53 Å². The van der Waals surface area contributed by atoms with Crippen molar-refractivity contribution in [2.24, 2.45) is 10.9 Å². The SMILES string of the molecule is CN=C(NCCC(=O)OC(C)C)N1CCSC(C(C)C)C1. The van der Waals surface area contributed by atoms with Gasteiger partial charge in [-0.15, -0.1) is 0 Å². The average Bonchev–Trinajstić information content (AvgIpc) is 2.43. The molecule has 0 aromatic carbocycles. The van der Waals surface area contributed by atoms with Crippen LogP contribution in [0, 0.1) is 5.92 Å². The van der Waals surface area contributed by atoms with E-state index in [0.29, 0.717) is 24.1 Å². The summed E-state index contributed by atoms with van der Waals surface area (Å²) in [6.45, 7) is 10.8. The van der Waals surface area contributed by atoms with E-state index in [2.05, 4.69) is 29.1 Å². The molecule has 0 aliphatic carbocycles. The molecular weight excluding hydrogens is 286 g/mol. The fourth-order valence-corrected chi connectivity index (χ4v) is 3.50. The zero-order valence-corrected chi connectivity index (χ0v) is 14.7. The fourth-order valence-electron chi connectivity index (χ4n) is 2.20. The molecule has 1 aliphatic heterocycles.